The van der Waals surface area contributed by atoms with Crippen LogP contribution in [0, 0.1) is 0 Å². The summed E-state index contributed by atoms with van der Waals surface area (Å²) in [6.07, 6.45) is 1.41. The van der Waals surface area contributed by atoms with Gasteiger partial charge in [0.05, 0.1) is 0 Å². The molecule has 36 valence electrons. The molecule has 0 N–H and O–H groups in total. The Morgan fingerprint density at radius 3 is 2.50 bits per heavy atom. The van der Waals surface area contributed by atoms with Crippen molar-refractivity contribution in [1.29, 1.82) is 0 Å². The Hall–Kier alpha value is 1.13. The minimum atomic E-state index is -0.488. The van der Waals surface area contributed by atoms with Crippen LogP contribution in [0.1, 0.15) is 1.37 Å². The Kier molecular flexibility index (Phi) is 3.77. The molecule has 0 nitrogen and oxygen atoms in total. The number of hydrogen-bond acceptors (Lipinski definition) is 0. The molecule has 0 radical (unpaired) electrons. The van der Waals surface area contributed by atoms with Crippen molar-refractivity contribution < 1.29 is 1.37 Å². The molecule has 0 spiro atoms. The summed E-state index contributed by atoms with van der Waals surface area (Å²) in [7, 11) is 0. The van der Waals surface area contributed by atoms with Crippen LogP contribution in [0.5, 0.6) is 0 Å². The fourth-order valence-electron chi connectivity index (χ4n) is 0.0797. The molecule has 0 heterocycles. The first kappa shape index (κ1) is 5.27. The van der Waals surface area contributed by atoms with Crippen molar-refractivity contribution in [1.82, 2.24) is 0 Å². The number of hydrogen-bond donors (Lipinski definition) is 0. The number of halogens is 2. The van der Waals surface area contributed by atoms with Gasteiger partial charge in [-0.2, -0.15) is 0 Å². The fourth-order valence-corrected chi connectivity index (χ4v) is 1.24. The van der Waals surface area contributed by atoms with Gasteiger partial charge in [-0.1, -0.05) is 6.08 Å². The van der Waals surface area contributed by atoms with E-state index in [1.807, 2.05) is 0 Å². The summed E-state index contributed by atoms with van der Waals surface area (Å²) in [5.74, 6) is 0. The highest BCUT2D eigenvalue weighted by Crippen LogP contribution is 2.51. The lowest BCUT2D eigenvalue weighted by Gasteiger charge is -1.88. The van der Waals surface area contributed by atoms with E-state index < -0.39 is 5.33 Å². The maximum absolute atomic E-state index is 7.09. The molecule has 6 heavy (non-hydrogen) atoms. The van der Waals surface area contributed by atoms with Gasteiger partial charge in [0.15, 0.2) is 0 Å². The molecule has 0 fully saturated rings. The summed E-state index contributed by atoms with van der Waals surface area (Å²) < 4.78 is 7.09. The number of rotatable bonds is 2. The van der Waals surface area contributed by atoms with Crippen molar-refractivity contribution in [2.75, 3.05) is 6.14 Å². The Morgan fingerprint density at radius 2 is 2.50 bits per heavy atom. The van der Waals surface area contributed by atoms with Crippen LogP contribution in [0.3, 0.4) is 0 Å². The molecule has 1 atom stereocenters. The highest BCUT2D eigenvalue weighted by atomic mass is 79.9. The van der Waals surface area contributed by atoms with Crippen LogP contribution in [0.25, 0.3) is 0 Å². The topological polar surface area (TPSA) is 0 Å². The third kappa shape index (κ3) is 5.13. The standard InChI is InChI=1S/C3H5Br2P/c1-2-3-6(4)5/h2H,1,3H2/i3D. The van der Waals surface area contributed by atoms with Crippen LogP contribution in [0.15, 0.2) is 12.7 Å². The molecule has 0 aromatic carbocycles. The molecular formula is C3H5Br2P. The molecule has 0 aliphatic rings. The van der Waals surface area contributed by atoms with Crippen LogP contribution in [-0.4, -0.2) is 6.14 Å². The van der Waals surface area contributed by atoms with E-state index in [0.29, 0.717) is 0 Å². The third-order valence-electron chi connectivity index (χ3n) is 0.218. The van der Waals surface area contributed by atoms with Crippen LogP contribution in [-0.2, 0) is 0 Å². The Balaban J connectivity index is 3.33. The van der Waals surface area contributed by atoms with Gasteiger partial charge >= 0.3 is 0 Å². The van der Waals surface area contributed by atoms with Gasteiger partial charge in [-0.05, 0) is 31.0 Å². The first-order chi connectivity index (χ1) is 3.18. The van der Waals surface area contributed by atoms with Crippen molar-refractivity contribution in [3.8, 4) is 0 Å². The van der Waals surface area contributed by atoms with Crippen LogP contribution in [0.2, 0.25) is 0 Å². The van der Waals surface area contributed by atoms with Gasteiger partial charge in [0, 0.05) is 12.8 Å². The highest BCUT2D eigenvalue weighted by Gasteiger charge is 1.87. The summed E-state index contributed by atoms with van der Waals surface area (Å²) in [6, 6.07) is 0. The molecule has 0 amide bonds. The highest BCUT2D eigenvalue weighted by molar-refractivity contribution is 9.69. The van der Waals surface area contributed by atoms with E-state index in [4.69, 9.17) is 1.37 Å². The minimum Gasteiger partial charge on any atom is -0.103 e. The summed E-state index contributed by atoms with van der Waals surface area (Å²) >= 11 is 6.45. The molecule has 0 bridgehead atoms. The van der Waals surface area contributed by atoms with Crippen molar-refractivity contribution in [3.05, 3.63) is 12.7 Å². The van der Waals surface area contributed by atoms with Gasteiger partial charge in [0.1, 0.15) is 0 Å². The van der Waals surface area contributed by atoms with Crippen LogP contribution < -0.4 is 0 Å². The Bertz CT molecular complexity index is 66.0. The predicted molar refractivity (Wildman–Crippen MR) is 39.8 cm³/mol. The monoisotopic (exact) mass is 231 g/mol. The summed E-state index contributed by atoms with van der Waals surface area (Å²) in [6.45, 7) is 3.45. The summed E-state index contributed by atoms with van der Waals surface area (Å²) in [5, 5.41) is -0.488. The van der Waals surface area contributed by atoms with Crippen molar-refractivity contribution in [2.45, 2.75) is 0 Å². The fraction of sp³-hybridized carbons (Fsp3) is 0.333. The van der Waals surface area contributed by atoms with Crippen LogP contribution >= 0.6 is 36.3 Å². The first-order valence-electron chi connectivity index (χ1n) is 1.92. The van der Waals surface area contributed by atoms with E-state index in [1.54, 1.807) is 6.08 Å². The zero-order valence-corrected chi connectivity index (χ0v) is 7.13. The predicted octanol–water partition coefficient (Wildman–Crippen LogP) is 3.27. The molecule has 0 aliphatic heterocycles. The van der Waals surface area contributed by atoms with E-state index in [1.165, 1.54) is 0 Å². The van der Waals surface area contributed by atoms with Gasteiger partial charge in [-0.15, -0.1) is 6.58 Å². The second-order valence-electron chi connectivity index (χ2n) is 0.644. The van der Waals surface area contributed by atoms with Gasteiger partial charge in [0.25, 0.3) is 0 Å². The van der Waals surface area contributed by atoms with Gasteiger partial charge in [-0.25, -0.2) is 0 Å². The summed E-state index contributed by atoms with van der Waals surface area (Å²) in [4.78, 5) is 0. The lowest BCUT2D eigenvalue weighted by atomic mass is 10.8. The summed E-state index contributed by atoms with van der Waals surface area (Å²) in [5.41, 5.74) is 0. The molecule has 0 aromatic rings. The quantitative estimate of drug-likeness (QED) is 0.507. The van der Waals surface area contributed by atoms with Gasteiger partial charge < -0.3 is 0 Å². The van der Waals surface area contributed by atoms with Gasteiger partial charge in [-0.3, -0.25) is 0 Å². The molecular weight excluding hydrogens is 227 g/mol. The van der Waals surface area contributed by atoms with E-state index >= 15 is 0 Å². The van der Waals surface area contributed by atoms with E-state index in [2.05, 4.69) is 37.6 Å². The largest absolute Gasteiger partial charge is 0.103 e. The second kappa shape index (κ2) is 4.29. The average molecular weight is 233 g/mol. The van der Waals surface area contributed by atoms with Crippen molar-refractivity contribution in [3.63, 3.8) is 0 Å². The maximum atomic E-state index is 7.09. The lowest BCUT2D eigenvalue weighted by molar-refractivity contribution is 1.83. The zero-order chi connectivity index (χ0) is 5.86. The molecule has 0 rings (SSSR count). The van der Waals surface area contributed by atoms with Gasteiger partial charge in [0.2, 0.25) is 0 Å². The Labute approximate surface area is 56.6 Å². The van der Waals surface area contributed by atoms with E-state index in [-0.39, 0.29) is 6.14 Å². The average Bonchev–Trinajstić information content (AvgIpc) is 1.65. The lowest BCUT2D eigenvalue weighted by Crippen LogP contribution is -1.55. The van der Waals surface area contributed by atoms with Crippen molar-refractivity contribution >= 4 is 36.3 Å². The molecule has 0 aliphatic carbocycles. The molecule has 3 heteroatoms. The minimum absolute atomic E-state index is 0.185. The second-order valence-corrected chi connectivity index (χ2v) is 8.90. The Morgan fingerprint density at radius 1 is 2.00 bits per heavy atom. The third-order valence-corrected chi connectivity index (χ3v) is 2.07. The first-order valence-corrected chi connectivity index (χ1v) is 6.79. The number of allylic oxidation sites excluding steroid dienone is 1. The normalized spacial score (nSPS) is 16.8. The van der Waals surface area contributed by atoms with E-state index in [9.17, 15) is 0 Å². The molecule has 1 unspecified atom stereocenters. The smallest absolute Gasteiger partial charge is 0.0384 e. The van der Waals surface area contributed by atoms with Crippen LogP contribution in [0.4, 0.5) is 0 Å². The molecule has 0 saturated heterocycles. The zero-order valence-electron chi connectivity index (χ0n) is 4.06. The maximum Gasteiger partial charge on any atom is 0.0384 e. The van der Waals surface area contributed by atoms with Crippen molar-refractivity contribution in [2.24, 2.45) is 0 Å². The molecule has 0 aromatic heterocycles. The SMILES string of the molecule is [2H]C(C=C)P(Br)Br. The van der Waals surface area contributed by atoms with E-state index in [0.717, 1.165) is 0 Å². The molecule has 0 saturated carbocycles.